The summed E-state index contributed by atoms with van der Waals surface area (Å²) in [5.74, 6) is 1.22. The summed E-state index contributed by atoms with van der Waals surface area (Å²) in [7, 11) is 0. The molecule has 2 saturated heterocycles. The van der Waals surface area contributed by atoms with Crippen LogP contribution in [-0.4, -0.2) is 41.9 Å². The lowest BCUT2D eigenvalue weighted by atomic mass is 9.97. The molecule has 0 aliphatic carbocycles. The lowest BCUT2D eigenvalue weighted by Gasteiger charge is -2.34. The molecule has 2 aliphatic heterocycles. The molecule has 16 heavy (non-hydrogen) atoms. The van der Waals surface area contributed by atoms with E-state index in [-0.39, 0.29) is 12.0 Å². The summed E-state index contributed by atoms with van der Waals surface area (Å²) < 4.78 is 5.55. The number of nitrogens with zero attached hydrogens (tertiary/aromatic N) is 1. The molecule has 0 N–H and O–H groups in total. The van der Waals surface area contributed by atoms with Gasteiger partial charge in [0.25, 0.3) is 5.91 Å². The molecule has 0 aromatic heterocycles. The fourth-order valence-corrected chi connectivity index (χ4v) is 3.11. The molecule has 92 valence electrons. The fourth-order valence-electron chi connectivity index (χ4n) is 2.58. The summed E-state index contributed by atoms with van der Waals surface area (Å²) in [6, 6.07) is 0. The van der Waals surface area contributed by atoms with Crippen LogP contribution in [0.4, 0.5) is 0 Å². The summed E-state index contributed by atoms with van der Waals surface area (Å²) >= 11 is 3.51. The average Bonchev–Trinajstić information content (AvgIpc) is 2.74. The molecule has 0 spiro atoms. The number of carbonyl (C=O) groups is 1. The van der Waals surface area contributed by atoms with Gasteiger partial charge in [-0.2, -0.15) is 0 Å². The van der Waals surface area contributed by atoms with Crippen molar-refractivity contribution in [3.05, 3.63) is 0 Å². The number of likely N-dealkylation sites (tertiary alicyclic amines) is 1. The first-order valence-corrected chi connectivity index (χ1v) is 7.31. The van der Waals surface area contributed by atoms with Crippen molar-refractivity contribution in [3.63, 3.8) is 0 Å². The lowest BCUT2D eigenvalue weighted by Crippen LogP contribution is -2.46. The van der Waals surface area contributed by atoms with Gasteiger partial charge < -0.3 is 9.64 Å². The minimum atomic E-state index is -0.172. The molecule has 3 unspecified atom stereocenters. The highest BCUT2D eigenvalue weighted by Crippen LogP contribution is 2.25. The van der Waals surface area contributed by atoms with Crippen molar-refractivity contribution in [2.45, 2.75) is 32.3 Å². The van der Waals surface area contributed by atoms with Crippen LogP contribution in [0.5, 0.6) is 0 Å². The van der Waals surface area contributed by atoms with Gasteiger partial charge in [-0.15, -0.1) is 0 Å². The quantitative estimate of drug-likeness (QED) is 0.728. The predicted octanol–water partition coefficient (Wildman–Crippen LogP) is 2.04. The van der Waals surface area contributed by atoms with E-state index in [1.165, 1.54) is 6.42 Å². The number of carbonyl (C=O) groups excluding carboxylic acids is 1. The number of piperidine rings is 1. The molecule has 4 heteroatoms. The standard InChI is InChI=1S/C12H20BrNO2/c1-9-4-6-16-11(9)12(15)14-5-2-3-10(7-13)8-14/h9-11H,2-8H2,1H3. The van der Waals surface area contributed by atoms with Crippen molar-refractivity contribution in [2.75, 3.05) is 25.0 Å². The van der Waals surface area contributed by atoms with E-state index >= 15 is 0 Å². The number of rotatable bonds is 2. The maximum absolute atomic E-state index is 12.3. The van der Waals surface area contributed by atoms with Gasteiger partial charge in [0.2, 0.25) is 0 Å². The highest BCUT2D eigenvalue weighted by Gasteiger charge is 2.35. The molecule has 0 aromatic carbocycles. The first kappa shape index (κ1) is 12.4. The molecule has 2 rings (SSSR count). The third-order valence-electron chi connectivity index (χ3n) is 3.68. The SMILES string of the molecule is CC1CCOC1C(=O)N1CCCC(CBr)C1. The van der Waals surface area contributed by atoms with Crippen LogP contribution in [0.2, 0.25) is 0 Å². The number of halogens is 1. The van der Waals surface area contributed by atoms with Crippen LogP contribution in [0, 0.1) is 11.8 Å². The van der Waals surface area contributed by atoms with E-state index in [4.69, 9.17) is 4.74 Å². The van der Waals surface area contributed by atoms with Crippen molar-refractivity contribution in [3.8, 4) is 0 Å². The van der Waals surface area contributed by atoms with E-state index in [9.17, 15) is 4.79 Å². The highest BCUT2D eigenvalue weighted by molar-refractivity contribution is 9.09. The van der Waals surface area contributed by atoms with E-state index in [1.54, 1.807) is 0 Å². The zero-order valence-electron chi connectivity index (χ0n) is 9.82. The van der Waals surface area contributed by atoms with Crippen molar-refractivity contribution in [1.29, 1.82) is 0 Å². The van der Waals surface area contributed by atoms with Gasteiger partial charge in [0, 0.05) is 25.0 Å². The molecule has 3 atom stereocenters. The maximum atomic E-state index is 12.3. The Morgan fingerprint density at radius 1 is 1.50 bits per heavy atom. The van der Waals surface area contributed by atoms with E-state index in [0.717, 1.165) is 37.9 Å². The molecular formula is C12H20BrNO2. The molecular weight excluding hydrogens is 270 g/mol. The van der Waals surface area contributed by atoms with Crippen LogP contribution in [0.1, 0.15) is 26.2 Å². The molecule has 2 heterocycles. The predicted molar refractivity (Wildman–Crippen MR) is 66.6 cm³/mol. The van der Waals surface area contributed by atoms with Crippen molar-refractivity contribution in [1.82, 2.24) is 4.90 Å². The molecule has 2 aliphatic rings. The van der Waals surface area contributed by atoms with Gasteiger partial charge in [0.15, 0.2) is 0 Å². The largest absolute Gasteiger partial charge is 0.368 e. The maximum Gasteiger partial charge on any atom is 0.251 e. The first-order chi connectivity index (χ1) is 7.72. The molecule has 2 fully saturated rings. The van der Waals surface area contributed by atoms with E-state index in [1.807, 2.05) is 4.90 Å². The van der Waals surface area contributed by atoms with Crippen LogP contribution in [-0.2, 0) is 9.53 Å². The van der Waals surface area contributed by atoms with E-state index in [2.05, 4.69) is 22.9 Å². The number of amides is 1. The van der Waals surface area contributed by atoms with Gasteiger partial charge >= 0.3 is 0 Å². The molecule has 0 radical (unpaired) electrons. The van der Waals surface area contributed by atoms with E-state index < -0.39 is 0 Å². The Labute approximate surface area is 106 Å². The molecule has 0 bridgehead atoms. The third-order valence-corrected chi connectivity index (χ3v) is 4.60. The van der Waals surface area contributed by atoms with Crippen LogP contribution in [0.3, 0.4) is 0 Å². The summed E-state index contributed by atoms with van der Waals surface area (Å²) in [6.45, 7) is 4.67. The Hall–Kier alpha value is -0.0900. The van der Waals surface area contributed by atoms with E-state index in [0.29, 0.717) is 11.8 Å². The minimum absolute atomic E-state index is 0.172. The second-order valence-electron chi connectivity index (χ2n) is 5.00. The van der Waals surface area contributed by atoms with Crippen molar-refractivity contribution < 1.29 is 9.53 Å². The van der Waals surface area contributed by atoms with Gasteiger partial charge in [-0.25, -0.2) is 0 Å². The topological polar surface area (TPSA) is 29.5 Å². The number of alkyl halides is 1. The summed E-state index contributed by atoms with van der Waals surface area (Å²) in [6.07, 6.45) is 3.21. The number of ether oxygens (including phenoxy) is 1. The third kappa shape index (κ3) is 2.59. The van der Waals surface area contributed by atoms with Gasteiger partial charge in [0.1, 0.15) is 6.10 Å². The normalized spacial score (nSPS) is 35.4. The zero-order chi connectivity index (χ0) is 11.5. The Kier molecular flexibility index (Phi) is 4.25. The van der Waals surface area contributed by atoms with Gasteiger partial charge in [0.05, 0.1) is 0 Å². The average molecular weight is 290 g/mol. The van der Waals surface area contributed by atoms with Crippen LogP contribution < -0.4 is 0 Å². The van der Waals surface area contributed by atoms with Crippen LogP contribution in [0.15, 0.2) is 0 Å². The Morgan fingerprint density at radius 2 is 2.31 bits per heavy atom. The molecule has 0 aromatic rings. The summed E-state index contributed by atoms with van der Waals surface area (Å²) in [5.41, 5.74) is 0. The Morgan fingerprint density at radius 3 is 2.94 bits per heavy atom. The van der Waals surface area contributed by atoms with Crippen LogP contribution in [0.25, 0.3) is 0 Å². The second-order valence-corrected chi connectivity index (χ2v) is 5.65. The smallest absolute Gasteiger partial charge is 0.251 e. The monoisotopic (exact) mass is 289 g/mol. The summed E-state index contributed by atoms with van der Waals surface area (Å²) in [4.78, 5) is 14.3. The fraction of sp³-hybridized carbons (Fsp3) is 0.917. The minimum Gasteiger partial charge on any atom is -0.368 e. The highest BCUT2D eigenvalue weighted by atomic mass is 79.9. The second kappa shape index (κ2) is 5.50. The first-order valence-electron chi connectivity index (χ1n) is 6.18. The van der Waals surface area contributed by atoms with Gasteiger partial charge in [-0.05, 0) is 31.1 Å². The summed E-state index contributed by atoms with van der Waals surface area (Å²) in [5, 5.41) is 0.998. The zero-order valence-corrected chi connectivity index (χ0v) is 11.4. The van der Waals surface area contributed by atoms with Crippen molar-refractivity contribution in [2.24, 2.45) is 11.8 Å². The van der Waals surface area contributed by atoms with Gasteiger partial charge in [-0.3, -0.25) is 4.79 Å². The number of hydrogen-bond donors (Lipinski definition) is 0. The molecule has 3 nitrogen and oxygen atoms in total. The van der Waals surface area contributed by atoms with Crippen LogP contribution >= 0.6 is 15.9 Å². The number of hydrogen-bond acceptors (Lipinski definition) is 2. The molecule has 0 saturated carbocycles. The molecule has 1 amide bonds. The lowest BCUT2D eigenvalue weighted by molar-refractivity contribution is -0.144. The van der Waals surface area contributed by atoms with Gasteiger partial charge in [-0.1, -0.05) is 22.9 Å². The Bertz CT molecular complexity index is 259. The Balaban J connectivity index is 1.93. The van der Waals surface area contributed by atoms with Crippen molar-refractivity contribution >= 4 is 21.8 Å².